The Bertz CT molecular complexity index is 496. The Morgan fingerprint density at radius 3 is 2.62 bits per heavy atom. The van der Waals surface area contributed by atoms with Crippen LogP contribution in [0.15, 0.2) is 24.3 Å². The van der Waals surface area contributed by atoms with Crippen molar-refractivity contribution in [3.63, 3.8) is 0 Å². The van der Waals surface area contributed by atoms with Gasteiger partial charge in [0.1, 0.15) is 0 Å². The third-order valence-corrected chi connectivity index (χ3v) is 4.63. The molecule has 0 radical (unpaired) electrons. The monoisotopic (exact) mass is 288 g/mol. The Kier molecular flexibility index (Phi) is 4.15. The van der Waals surface area contributed by atoms with Gasteiger partial charge in [-0.05, 0) is 38.3 Å². The van der Waals surface area contributed by atoms with Crippen molar-refractivity contribution >= 4 is 11.7 Å². The molecule has 1 N–H and O–H groups in total. The summed E-state index contributed by atoms with van der Waals surface area (Å²) >= 11 is 0. The van der Waals surface area contributed by atoms with Crippen LogP contribution in [0.3, 0.4) is 0 Å². The van der Waals surface area contributed by atoms with Gasteiger partial charge in [-0.1, -0.05) is 17.7 Å². The number of benzene rings is 1. The lowest BCUT2D eigenvalue weighted by Crippen LogP contribution is -2.39. The molecule has 114 valence electrons. The minimum Gasteiger partial charge on any atom is -0.481 e. The van der Waals surface area contributed by atoms with Gasteiger partial charge in [-0.25, -0.2) is 0 Å². The molecule has 0 bridgehead atoms. The number of hydrogen-bond acceptors (Lipinski definition) is 3. The van der Waals surface area contributed by atoms with Gasteiger partial charge in [0.2, 0.25) is 0 Å². The number of carbonyl (C=O) groups is 1. The lowest BCUT2D eigenvalue weighted by Gasteiger charge is -2.31. The van der Waals surface area contributed by atoms with Crippen LogP contribution in [-0.2, 0) is 4.79 Å². The lowest BCUT2D eigenvalue weighted by atomic mass is 10.1. The number of hydrogen-bond donors (Lipinski definition) is 1. The van der Waals surface area contributed by atoms with Crippen LogP contribution >= 0.6 is 0 Å². The normalized spacial score (nSPS) is 22.4. The molecule has 1 aliphatic heterocycles. The summed E-state index contributed by atoms with van der Waals surface area (Å²) in [6, 6.07) is 9.71. The summed E-state index contributed by atoms with van der Waals surface area (Å²) in [6.45, 7) is 4.92. The first-order valence-electron chi connectivity index (χ1n) is 7.92. The van der Waals surface area contributed by atoms with Crippen LogP contribution in [0.4, 0.5) is 5.69 Å². The molecule has 0 spiro atoms. The maximum Gasteiger partial charge on any atom is 0.305 e. The Labute approximate surface area is 126 Å². The molecule has 4 heteroatoms. The van der Waals surface area contributed by atoms with E-state index in [0.717, 1.165) is 31.2 Å². The number of carboxylic acids is 1. The molecular weight excluding hydrogens is 264 g/mol. The number of aryl methyl sites for hydroxylation is 1. The van der Waals surface area contributed by atoms with Crippen molar-refractivity contribution in [1.82, 2.24) is 4.90 Å². The number of rotatable bonds is 6. The smallest absolute Gasteiger partial charge is 0.305 e. The van der Waals surface area contributed by atoms with Crippen molar-refractivity contribution in [2.45, 2.75) is 44.7 Å². The van der Waals surface area contributed by atoms with Gasteiger partial charge in [-0.15, -0.1) is 0 Å². The van der Waals surface area contributed by atoms with Gasteiger partial charge in [0.05, 0.1) is 6.42 Å². The molecule has 1 aromatic carbocycles. The molecule has 1 aromatic rings. The van der Waals surface area contributed by atoms with E-state index in [1.807, 2.05) is 0 Å². The molecular formula is C17H24N2O2. The summed E-state index contributed by atoms with van der Waals surface area (Å²) in [5.41, 5.74) is 2.40. The van der Waals surface area contributed by atoms with Gasteiger partial charge in [-0.2, -0.15) is 0 Å². The van der Waals surface area contributed by atoms with Gasteiger partial charge in [-0.3, -0.25) is 9.69 Å². The fraction of sp³-hybridized carbons (Fsp3) is 0.588. The van der Waals surface area contributed by atoms with Gasteiger partial charge in [0.15, 0.2) is 0 Å². The molecule has 1 aliphatic carbocycles. The van der Waals surface area contributed by atoms with Crippen LogP contribution in [0, 0.1) is 6.92 Å². The fourth-order valence-electron chi connectivity index (χ4n) is 3.27. The third kappa shape index (κ3) is 3.56. The molecule has 0 aromatic heterocycles. The Balaban J connectivity index is 1.71. The maximum absolute atomic E-state index is 10.9. The van der Waals surface area contributed by atoms with Crippen LogP contribution in [0.25, 0.3) is 0 Å². The second kappa shape index (κ2) is 6.06. The average Bonchev–Trinajstić information content (AvgIpc) is 3.20. The zero-order chi connectivity index (χ0) is 14.8. The number of carboxylic acid groups (broad SMARTS) is 1. The van der Waals surface area contributed by atoms with Crippen molar-refractivity contribution in [1.29, 1.82) is 0 Å². The molecule has 2 aliphatic rings. The van der Waals surface area contributed by atoms with Crippen LogP contribution in [0.5, 0.6) is 0 Å². The highest BCUT2D eigenvalue weighted by Gasteiger charge is 2.36. The van der Waals surface area contributed by atoms with E-state index >= 15 is 0 Å². The summed E-state index contributed by atoms with van der Waals surface area (Å²) in [4.78, 5) is 15.8. The minimum absolute atomic E-state index is 0.202. The van der Waals surface area contributed by atoms with E-state index < -0.39 is 5.97 Å². The molecule has 1 heterocycles. The standard InChI is InChI=1S/C17H24N2O2/c1-13-2-4-15(5-3-13)19(11-9-17(20)21)16-8-10-18(12-16)14-6-7-14/h2-5,14,16H,6-12H2,1H3,(H,20,21). The first kappa shape index (κ1) is 14.4. The molecule has 1 saturated heterocycles. The Morgan fingerprint density at radius 1 is 1.29 bits per heavy atom. The quantitative estimate of drug-likeness (QED) is 0.873. The topological polar surface area (TPSA) is 43.8 Å². The fourth-order valence-corrected chi connectivity index (χ4v) is 3.27. The first-order chi connectivity index (χ1) is 10.1. The van der Waals surface area contributed by atoms with Crippen molar-refractivity contribution in [3.05, 3.63) is 29.8 Å². The Hall–Kier alpha value is -1.55. The molecule has 21 heavy (non-hydrogen) atoms. The lowest BCUT2D eigenvalue weighted by molar-refractivity contribution is -0.136. The van der Waals surface area contributed by atoms with Crippen molar-refractivity contribution in [3.8, 4) is 0 Å². The minimum atomic E-state index is -0.718. The van der Waals surface area contributed by atoms with Crippen molar-refractivity contribution in [2.75, 3.05) is 24.5 Å². The van der Waals surface area contributed by atoms with E-state index in [2.05, 4.69) is 41.0 Å². The highest BCUT2D eigenvalue weighted by molar-refractivity contribution is 5.67. The SMILES string of the molecule is Cc1ccc(N(CCC(=O)O)C2CCN(C3CC3)C2)cc1. The predicted octanol–water partition coefficient (Wildman–Crippen LogP) is 2.51. The molecule has 4 nitrogen and oxygen atoms in total. The summed E-state index contributed by atoms with van der Waals surface area (Å²) in [5, 5.41) is 9.01. The average molecular weight is 288 g/mol. The largest absolute Gasteiger partial charge is 0.481 e. The summed E-state index contributed by atoms with van der Waals surface area (Å²) in [5.74, 6) is -0.718. The zero-order valence-corrected chi connectivity index (χ0v) is 12.7. The number of nitrogens with zero attached hydrogens (tertiary/aromatic N) is 2. The Morgan fingerprint density at radius 2 is 2.00 bits per heavy atom. The van der Waals surface area contributed by atoms with Crippen LogP contribution in [0.1, 0.15) is 31.2 Å². The molecule has 2 fully saturated rings. The highest BCUT2D eigenvalue weighted by atomic mass is 16.4. The van der Waals surface area contributed by atoms with E-state index in [4.69, 9.17) is 5.11 Å². The second-order valence-corrected chi connectivity index (χ2v) is 6.34. The molecule has 1 unspecified atom stereocenters. The van der Waals surface area contributed by atoms with Crippen LogP contribution in [0.2, 0.25) is 0 Å². The van der Waals surface area contributed by atoms with Gasteiger partial charge >= 0.3 is 5.97 Å². The predicted molar refractivity (Wildman–Crippen MR) is 83.8 cm³/mol. The van der Waals surface area contributed by atoms with E-state index in [0.29, 0.717) is 12.6 Å². The number of anilines is 1. The van der Waals surface area contributed by atoms with E-state index in [1.165, 1.54) is 18.4 Å². The second-order valence-electron chi connectivity index (χ2n) is 6.34. The van der Waals surface area contributed by atoms with Crippen molar-refractivity contribution < 1.29 is 9.90 Å². The molecule has 1 saturated carbocycles. The summed E-state index contributed by atoms with van der Waals surface area (Å²) in [7, 11) is 0. The molecule has 3 rings (SSSR count). The van der Waals surface area contributed by atoms with Gasteiger partial charge in [0, 0.05) is 37.4 Å². The van der Waals surface area contributed by atoms with E-state index in [1.54, 1.807) is 0 Å². The van der Waals surface area contributed by atoms with E-state index in [9.17, 15) is 4.79 Å². The maximum atomic E-state index is 10.9. The molecule has 0 amide bonds. The van der Waals surface area contributed by atoms with Crippen LogP contribution in [-0.4, -0.2) is 47.7 Å². The summed E-state index contributed by atoms with van der Waals surface area (Å²) < 4.78 is 0. The first-order valence-corrected chi connectivity index (χ1v) is 7.92. The van der Waals surface area contributed by atoms with Crippen molar-refractivity contribution in [2.24, 2.45) is 0 Å². The number of aliphatic carboxylic acids is 1. The third-order valence-electron chi connectivity index (χ3n) is 4.63. The van der Waals surface area contributed by atoms with Crippen LogP contribution < -0.4 is 4.90 Å². The molecule has 1 atom stereocenters. The van der Waals surface area contributed by atoms with Gasteiger partial charge in [0.25, 0.3) is 0 Å². The van der Waals surface area contributed by atoms with Gasteiger partial charge < -0.3 is 10.0 Å². The highest BCUT2D eigenvalue weighted by Crippen LogP contribution is 2.32. The summed E-state index contributed by atoms with van der Waals surface area (Å²) in [6.07, 6.45) is 4.02. The van der Waals surface area contributed by atoms with E-state index in [-0.39, 0.29) is 6.42 Å². The number of likely N-dealkylation sites (tertiary alicyclic amines) is 1. The zero-order valence-electron chi connectivity index (χ0n) is 12.7.